The Morgan fingerprint density at radius 1 is 1.09 bits per heavy atom. The summed E-state index contributed by atoms with van der Waals surface area (Å²) in [5, 5.41) is 3.11. The lowest BCUT2D eigenvalue weighted by molar-refractivity contribution is 0.0930. The van der Waals surface area contributed by atoms with Gasteiger partial charge in [0, 0.05) is 5.56 Å². The van der Waals surface area contributed by atoms with Gasteiger partial charge in [0.05, 0.1) is 17.1 Å². The van der Waals surface area contributed by atoms with Crippen LogP contribution in [0.2, 0.25) is 0 Å². The van der Waals surface area contributed by atoms with Crippen LogP contribution in [0.3, 0.4) is 0 Å². The van der Waals surface area contributed by atoms with Crippen LogP contribution in [0.4, 0.5) is 0 Å². The Balaban J connectivity index is 1.87. The van der Waals surface area contributed by atoms with Crippen LogP contribution in [-0.4, -0.2) is 15.9 Å². The molecule has 118 valence electrons. The lowest BCUT2D eigenvalue weighted by Gasteiger charge is -2.18. The van der Waals surface area contributed by atoms with Gasteiger partial charge < -0.3 is 10.3 Å². The van der Waals surface area contributed by atoms with E-state index in [0.717, 1.165) is 23.3 Å². The molecule has 0 radical (unpaired) electrons. The van der Waals surface area contributed by atoms with Gasteiger partial charge in [-0.05, 0) is 36.6 Å². The highest BCUT2D eigenvalue weighted by molar-refractivity contribution is 5.94. The maximum Gasteiger partial charge on any atom is 0.251 e. The van der Waals surface area contributed by atoms with Crippen LogP contribution in [0.1, 0.15) is 42.5 Å². The fourth-order valence-corrected chi connectivity index (χ4v) is 2.68. The summed E-state index contributed by atoms with van der Waals surface area (Å²) in [5.41, 5.74) is 2.58. The van der Waals surface area contributed by atoms with Crippen molar-refractivity contribution >= 4 is 16.9 Å². The minimum absolute atomic E-state index is 0.0725. The molecule has 0 saturated carbocycles. The monoisotopic (exact) mass is 307 g/mol. The van der Waals surface area contributed by atoms with Crippen LogP contribution in [0.5, 0.6) is 0 Å². The predicted molar refractivity (Wildman–Crippen MR) is 92.2 cm³/mol. The second kappa shape index (κ2) is 6.65. The molecule has 2 N–H and O–H groups in total. The number of hydrogen-bond acceptors (Lipinski definition) is 2. The first-order valence-electron chi connectivity index (χ1n) is 7.94. The molecule has 1 amide bonds. The summed E-state index contributed by atoms with van der Waals surface area (Å²) in [7, 11) is 0. The van der Waals surface area contributed by atoms with Crippen molar-refractivity contribution in [1.82, 2.24) is 15.3 Å². The van der Waals surface area contributed by atoms with E-state index in [1.165, 1.54) is 0 Å². The third kappa shape index (κ3) is 3.59. The molecule has 3 rings (SSSR count). The number of nitrogens with one attached hydrogen (secondary N) is 2. The molecule has 0 unspecified atom stereocenters. The number of fused-ring (bicyclic) bond motifs is 1. The summed E-state index contributed by atoms with van der Waals surface area (Å²) in [5.74, 6) is 1.19. The largest absolute Gasteiger partial charge is 0.342 e. The summed E-state index contributed by atoms with van der Waals surface area (Å²) in [6.07, 6.45) is 0.832. The van der Waals surface area contributed by atoms with E-state index in [1.807, 2.05) is 54.6 Å². The van der Waals surface area contributed by atoms with Crippen molar-refractivity contribution in [2.24, 2.45) is 5.92 Å². The number of aromatic amines is 1. The van der Waals surface area contributed by atoms with Crippen LogP contribution < -0.4 is 5.32 Å². The van der Waals surface area contributed by atoms with Gasteiger partial charge in [0.15, 0.2) is 0 Å². The summed E-state index contributed by atoms with van der Waals surface area (Å²) in [6.45, 7) is 4.29. The molecule has 0 aliphatic heterocycles. The van der Waals surface area contributed by atoms with Gasteiger partial charge in [0.1, 0.15) is 5.82 Å². The number of aromatic nitrogens is 2. The number of nitrogens with zero attached hydrogens (tertiary/aromatic N) is 1. The predicted octanol–water partition coefficient (Wildman–Crippen LogP) is 4.08. The average Bonchev–Trinajstić information content (AvgIpc) is 2.98. The van der Waals surface area contributed by atoms with Gasteiger partial charge >= 0.3 is 0 Å². The van der Waals surface area contributed by atoms with Gasteiger partial charge in [-0.15, -0.1) is 0 Å². The minimum Gasteiger partial charge on any atom is -0.342 e. The second-order valence-corrected chi connectivity index (χ2v) is 6.16. The molecule has 0 spiro atoms. The number of carbonyl (C=O) groups excluding carboxylic acids is 1. The van der Waals surface area contributed by atoms with Crippen molar-refractivity contribution in [1.29, 1.82) is 0 Å². The van der Waals surface area contributed by atoms with Gasteiger partial charge in [0.25, 0.3) is 5.91 Å². The van der Waals surface area contributed by atoms with Gasteiger partial charge in [-0.3, -0.25) is 4.79 Å². The molecule has 4 heteroatoms. The highest BCUT2D eigenvalue weighted by atomic mass is 16.1. The molecule has 23 heavy (non-hydrogen) atoms. The first kappa shape index (κ1) is 15.3. The minimum atomic E-state index is -0.130. The topological polar surface area (TPSA) is 57.8 Å². The molecule has 0 bridgehead atoms. The van der Waals surface area contributed by atoms with Crippen LogP contribution >= 0.6 is 0 Å². The van der Waals surface area contributed by atoms with Crippen LogP contribution in [0.25, 0.3) is 11.0 Å². The zero-order valence-corrected chi connectivity index (χ0v) is 13.4. The third-order valence-corrected chi connectivity index (χ3v) is 3.79. The zero-order chi connectivity index (χ0) is 16.2. The molecule has 2 aromatic carbocycles. The molecule has 4 nitrogen and oxygen atoms in total. The zero-order valence-electron chi connectivity index (χ0n) is 13.4. The van der Waals surface area contributed by atoms with E-state index in [-0.39, 0.29) is 11.9 Å². The van der Waals surface area contributed by atoms with Crippen LogP contribution in [0, 0.1) is 5.92 Å². The lowest BCUT2D eigenvalue weighted by Crippen LogP contribution is -2.30. The molecule has 1 aromatic heterocycles. The molecular formula is C19H21N3O. The summed E-state index contributed by atoms with van der Waals surface area (Å²) < 4.78 is 0. The van der Waals surface area contributed by atoms with Crippen molar-refractivity contribution in [3.8, 4) is 0 Å². The molecule has 1 heterocycles. The molecule has 0 aliphatic rings. The van der Waals surface area contributed by atoms with Crippen molar-refractivity contribution in [2.75, 3.05) is 0 Å². The Bertz CT molecular complexity index is 759. The van der Waals surface area contributed by atoms with E-state index >= 15 is 0 Å². The SMILES string of the molecule is CC(C)C[C@H](NC(=O)c1ccccc1)c1nc2ccccc2[nH]1. The number of para-hydroxylation sites is 2. The first-order valence-corrected chi connectivity index (χ1v) is 7.94. The molecule has 3 aromatic rings. The van der Waals surface area contributed by atoms with Crippen molar-refractivity contribution < 1.29 is 4.79 Å². The van der Waals surface area contributed by atoms with E-state index in [0.29, 0.717) is 11.5 Å². The maximum atomic E-state index is 12.5. The van der Waals surface area contributed by atoms with E-state index < -0.39 is 0 Å². The highest BCUT2D eigenvalue weighted by Crippen LogP contribution is 2.22. The number of hydrogen-bond donors (Lipinski definition) is 2. The summed E-state index contributed by atoms with van der Waals surface area (Å²) >= 11 is 0. The maximum absolute atomic E-state index is 12.5. The molecule has 1 atom stereocenters. The molecular weight excluding hydrogens is 286 g/mol. The lowest BCUT2D eigenvalue weighted by atomic mass is 10.0. The fraction of sp³-hybridized carbons (Fsp3) is 0.263. The van der Waals surface area contributed by atoms with Gasteiger partial charge in [-0.25, -0.2) is 4.98 Å². The number of benzene rings is 2. The summed E-state index contributed by atoms with van der Waals surface area (Å²) in [4.78, 5) is 20.4. The Kier molecular flexibility index (Phi) is 4.42. The molecule has 0 saturated heterocycles. The normalized spacial score (nSPS) is 12.5. The van der Waals surface area contributed by atoms with Crippen molar-refractivity contribution in [2.45, 2.75) is 26.3 Å². The molecule has 0 aliphatic carbocycles. The molecule has 0 fully saturated rings. The smallest absolute Gasteiger partial charge is 0.251 e. The Morgan fingerprint density at radius 2 is 1.78 bits per heavy atom. The number of carbonyl (C=O) groups is 1. The van der Waals surface area contributed by atoms with Gasteiger partial charge in [-0.2, -0.15) is 0 Å². The number of amides is 1. The third-order valence-electron chi connectivity index (χ3n) is 3.79. The van der Waals surface area contributed by atoms with Crippen molar-refractivity contribution in [3.05, 3.63) is 66.0 Å². The summed E-state index contributed by atoms with van der Waals surface area (Å²) in [6, 6.07) is 17.1. The first-order chi connectivity index (χ1) is 11.1. The van der Waals surface area contributed by atoms with E-state index in [9.17, 15) is 4.79 Å². The van der Waals surface area contributed by atoms with Gasteiger partial charge in [-0.1, -0.05) is 44.2 Å². The number of H-pyrrole nitrogens is 1. The Hall–Kier alpha value is -2.62. The standard InChI is InChI=1S/C19H21N3O/c1-13(2)12-17(22-19(23)14-8-4-3-5-9-14)18-20-15-10-6-7-11-16(15)21-18/h3-11,13,17H,12H2,1-2H3,(H,20,21)(H,22,23)/t17-/m0/s1. The van der Waals surface area contributed by atoms with Crippen molar-refractivity contribution in [3.63, 3.8) is 0 Å². The fourth-order valence-electron chi connectivity index (χ4n) is 2.68. The quantitative estimate of drug-likeness (QED) is 0.746. The number of rotatable bonds is 5. The van der Waals surface area contributed by atoms with E-state index in [4.69, 9.17) is 0 Å². The van der Waals surface area contributed by atoms with E-state index in [1.54, 1.807) is 0 Å². The highest BCUT2D eigenvalue weighted by Gasteiger charge is 2.20. The second-order valence-electron chi connectivity index (χ2n) is 6.16. The van der Waals surface area contributed by atoms with Crippen LogP contribution in [-0.2, 0) is 0 Å². The van der Waals surface area contributed by atoms with Crippen LogP contribution in [0.15, 0.2) is 54.6 Å². The van der Waals surface area contributed by atoms with Gasteiger partial charge in [0.2, 0.25) is 0 Å². The average molecular weight is 307 g/mol. The number of imidazole rings is 1. The van der Waals surface area contributed by atoms with E-state index in [2.05, 4.69) is 29.1 Å². The Labute approximate surface area is 136 Å². The Morgan fingerprint density at radius 3 is 2.48 bits per heavy atom.